The number of benzene rings is 1. The molecule has 1 aromatic rings. The summed E-state index contributed by atoms with van der Waals surface area (Å²) in [4.78, 5) is 0. The molecule has 0 heterocycles. The highest BCUT2D eigenvalue weighted by Crippen LogP contribution is 2.43. The van der Waals surface area contributed by atoms with Gasteiger partial charge in [-0.05, 0) is 60.6 Å². The van der Waals surface area contributed by atoms with Crippen molar-refractivity contribution in [3.63, 3.8) is 0 Å². The van der Waals surface area contributed by atoms with E-state index in [9.17, 15) is 13.9 Å². The van der Waals surface area contributed by atoms with Gasteiger partial charge in [0.25, 0.3) is 0 Å². The molecule has 3 unspecified atom stereocenters. The Kier molecular flexibility index (Phi) is 7.75. The standard InChI is InChI=1S/C27H39F2NO/c1-19(20-14-23(28)17-24(29)15-20)13-25(31)18-30-27(11-6-5-7-12-27)22-10-8-9-21(16-22)26(2,3)4/h8-10,14-15,17,19,22,25,30-31H,5-7,11-13,16,18H2,1-4H3. The normalized spacial score (nSPS) is 23.3. The third kappa shape index (κ3) is 6.26. The van der Waals surface area contributed by atoms with Crippen molar-refractivity contribution in [1.29, 1.82) is 0 Å². The molecule has 0 aliphatic heterocycles. The van der Waals surface area contributed by atoms with Crippen LogP contribution in [0.25, 0.3) is 0 Å². The number of rotatable bonds is 7. The number of hydrogen-bond acceptors (Lipinski definition) is 2. The van der Waals surface area contributed by atoms with Gasteiger partial charge in [-0.15, -0.1) is 0 Å². The number of aliphatic hydroxyl groups excluding tert-OH is 1. The highest BCUT2D eigenvalue weighted by molar-refractivity contribution is 5.27. The molecule has 2 aliphatic carbocycles. The summed E-state index contributed by atoms with van der Waals surface area (Å²) < 4.78 is 27.1. The van der Waals surface area contributed by atoms with Crippen LogP contribution in [0.5, 0.6) is 0 Å². The molecule has 0 amide bonds. The fourth-order valence-corrected chi connectivity index (χ4v) is 5.28. The van der Waals surface area contributed by atoms with Crippen LogP contribution in [-0.4, -0.2) is 23.3 Å². The number of hydrogen-bond donors (Lipinski definition) is 2. The number of β-amino-alcohol motifs (C(OH)–C–C–N with tert-alkyl or cyclic N) is 1. The van der Waals surface area contributed by atoms with E-state index in [1.807, 2.05) is 6.92 Å². The first-order valence-electron chi connectivity index (χ1n) is 11.9. The maximum atomic E-state index is 13.6. The average molecular weight is 432 g/mol. The van der Waals surface area contributed by atoms with Gasteiger partial charge in [0.2, 0.25) is 0 Å². The lowest BCUT2D eigenvalue weighted by molar-refractivity contribution is 0.107. The molecular formula is C27H39F2NO. The molecule has 0 radical (unpaired) electrons. The molecule has 0 spiro atoms. The Hall–Kier alpha value is -1.52. The fraction of sp³-hybridized carbons (Fsp3) is 0.630. The summed E-state index contributed by atoms with van der Waals surface area (Å²) >= 11 is 0. The van der Waals surface area contributed by atoms with Gasteiger partial charge in [-0.2, -0.15) is 0 Å². The average Bonchev–Trinajstić information content (AvgIpc) is 2.72. The largest absolute Gasteiger partial charge is 0.392 e. The highest BCUT2D eigenvalue weighted by atomic mass is 19.1. The van der Waals surface area contributed by atoms with Crippen molar-refractivity contribution in [2.45, 2.75) is 90.2 Å². The van der Waals surface area contributed by atoms with Crippen LogP contribution in [-0.2, 0) is 0 Å². The van der Waals surface area contributed by atoms with E-state index in [0.29, 0.717) is 24.4 Å². The second-order valence-electron chi connectivity index (χ2n) is 10.7. The van der Waals surface area contributed by atoms with Gasteiger partial charge in [-0.1, -0.05) is 70.8 Å². The maximum Gasteiger partial charge on any atom is 0.126 e. The minimum Gasteiger partial charge on any atom is -0.392 e. The lowest BCUT2D eigenvalue weighted by Gasteiger charge is -2.46. The number of nitrogens with one attached hydrogen (secondary N) is 1. The van der Waals surface area contributed by atoms with Crippen molar-refractivity contribution in [2.75, 3.05) is 6.54 Å². The predicted molar refractivity (Wildman–Crippen MR) is 124 cm³/mol. The van der Waals surface area contributed by atoms with Crippen LogP contribution < -0.4 is 5.32 Å². The summed E-state index contributed by atoms with van der Waals surface area (Å²) in [5.74, 6) is -0.826. The number of aliphatic hydroxyl groups is 1. The molecule has 3 rings (SSSR count). The van der Waals surface area contributed by atoms with E-state index < -0.39 is 17.7 Å². The zero-order valence-electron chi connectivity index (χ0n) is 19.6. The van der Waals surface area contributed by atoms with Crippen LogP contribution in [0.1, 0.15) is 84.1 Å². The molecule has 4 heteroatoms. The van der Waals surface area contributed by atoms with Crippen LogP contribution in [0, 0.1) is 23.0 Å². The minimum absolute atomic E-state index is 0.00862. The first-order chi connectivity index (χ1) is 14.6. The molecule has 0 aromatic heterocycles. The third-order valence-corrected chi connectivity index (χ3v) is 7.27. The van der Waals surface area contributed by atoms with Crippen LogP contribution in [0.3, 0.4) is 0 Å². The first kappa shape index (κ1) is 24.1. The Morgan fingerprint density at radius 2 is 1.74 bits per heavy atom. The van der Waals surface area contributed by atoms with Gasteiger partial charge in [0.15, 0.2) is 0 Å². The van der Waals surface area contributed by atoms with Crippen LogP contribution in [0.15, 0.2) is 42.0 Å². The Morgan fingerprint density at radius 3 is 2.35 bits per heavy atom. The number of halogens is 2. The molecule has 31 heavy (non-hydrogen) atoms. The molecular weight excluding hydrogens is 392 g/mol. The quantitative estimate of drug-likeness (QED) is 0.506. The highest BCUT2D eigenvalue weighted by Gasteiger charge is 2.40. The summed E-state index contributed by atoms with van der Waals surface area (Å²) in [7, 11) is 0. The van der Waals surface area contributed by atoms with E-state index in [1.165, 1.54) is 37.0 Å². The van der Waals surface area contributed by atoms with Crippen LogP contribution in [0.2, 0.25) is 0 Å². The Balaban J connectivity index is 1.65. The van der Waals surface area contributed by atoms with Crippen molar-refractivity contribution in [2.24, 2.45) is 11.3 Å². The van der Waals surface area contributed by atoms with Gasteiger partial charge < -0.3 is 10.4 Å². The summed E-state index contributed by atoms with van der Waals surface area (Å²) in [6.45, 7) is 9.24. The molecule has 2 N–H and O–H groups in total. The summed E-state index contributed by atoms with van der Waals surface area (Å²) in [5.41, 5.74) is 2.25. The van der Waals surface area contributed by atoms with E-state index in [2.05, 4.69) is 44.3 Å². The van der Waals surface area contributed by atoms with Gasteiger partial charge in [0.1, 0.15) is 11.6 Å². The lowest BCUT2D eigenvalue weighted by Crippen LogP contribution is -2.54. The molecule has 1 fully saturated rings. The van der Waals surface area contributed by atoms with Crippen molar-refractivity contribution in [3.8, 4) is 0 Å². The Bertz CT molecular complexity index is 782. The molecule has 2 nitrogen and oxygen atoms in total. The SMILES string of the molecule is CC(CC(O)CNC1(C2C=CC=C(C(C)(C)C)C2)CCCCC1)c1cc(F)cc(F)c1. The number of allylic oxidation sites excluding steroid dienone is 3. The summed E-state index contributed by atoms with van der Waals surface area (Å²) in [6.07, 6.45) is 13.7. The molecule has 172 valence electrons. The van der Waals surface area contributed by atoms with Gasteiger partial charge in [0, 0.05) is 18.2 Å². The van der Waals surface area contributed by atoms with Gasteiger partial charge in [-0.3, -0.25) is 0 Å². The predicted octanol–water partition coefficient (Wildman–Crippen LogP) is 6.66. The smallest absolute Gasteiger partial charge is 0.126 e. The fourth-order valence-electron chi connectivity index (χ4n) is 5.28. The lowest BCUT2D eigenvalue weighted by atomic mass is 9.67. The van der Waals surface area contributed by atoms with E-state index in [4.69, 9.17) is 0 Å². The topological polar surface area (TPSA) is 32.3 Å². The molecule has 0 saturated heterocycles. The monoisotopic (exact) mass is 431 g/mol. The first-order valence-corrected chi connectivity index (χ1v) is 11.9. The Labute approximate surface area is 186 Å². The maximum absolute atomic E-state index is 13.6. The van der Waals surface area contributed by atoms with E-state index in [1.54, 1.807) is 0 Å². The molecule has 1 saturated carbocycles. The van der Waals surface area contributed by atoms with E-state index >= 15 is 0 Å². The second-order valence-corrected chi connectivity index (χ2v) is 10.7. The molecule has 1 aromatic carbocycles. The van der Waals surface area contributed by atoms with Gasteiger partial charge in [-0.25, -0.2) is 8.78 Å². The van der Waals surface area contributed by atoms with Gasteiger partial charge in [0.05, 0.1) is 6.10 Å². The molecule has 3 atom stereocenters. The molecule has 0 bridgehead atoms. The second kappa shape index (κ2) is 9.95. The van der Waals surface area contributed by atoms with Crippen molar-refractivity contribution in [3.05, 3.63) is 59.2 Å². The van der Waals surface area contributed by atoms with E-state index in [-0.39, 0.29) is 16.9 Å². The summed E-state index contributed by atoms with van der Waals surface area (Å²) in [5, 5.41) is 14.5. The summed E-state index contributed by atoms with van der Waals surface area (Å²) in [6, 6.07) is 3.62. The van der Waals surface area contributed by atoms with Crippen LogP contribution in [0.4, 0.5) is 8.78 Å². The zero-order chi connectivity index (χ0) is 22.6. The van der Waals surface area contributed by atoms with Crippen molar-refractivity contribution >= 4 is 0 Å². The van der Waals surface area contributed by atoms with E-state index in [0.717, 1.165) is 25.3 Å². The third-order valence-electron chi connectivity index (χ3n) is 7.27. The van der Waals surface area contributed by atoms with Crippen LogP contribution >= 0.6 is 0 Å². The molecule has 2 aliphatic rings. The Morgan fingerprint density at radius 1 is 1.10 bits per heavy atom. The van der Waals surface area contributed by atoms with Crippen molar-refractivity contribution < 1.29 is 13.9 Å². The van der Waals surface area contributed by atoms with Crippen molar-refractivity contribution in [1.82, 2.24) is 5.32 Å². The minimum atomic E-state index is -0.567. The zero-order valence-corrected chi connectivity index (χ0v) is 19.6. The van der Waals surface area contributed by atoms with Gasteiger partial charge >= 0.3 is 0 Å².